The van der Waals surface area contributed by atoms with E-state index in [0.717, 1.165) is 66.4 Å². The summed E-state index contributed by atoms with van der Waals surface area (Å²) in [6.45, 7) is 5.48. The first-order valence-electron chi connectivity index (χ1n) is 10.6. The molecule has 1 atom stereocenters. The van der Waals surface area contributed by atoms with E-state index >= 15 is 0 Å². The zero-order valence-electron chi connectivity index (χ0n) is 16.8. The lowest BCUT2D eigenvalue weighted by molar-refractivity contribution is 0.162. The molecule has 0 unspecified atom stereocenters. The molecule has 3 aromatic rings. The summed E-state index contributed by atoms with van der Waals surface area (Å²) in [6, 6.07) is 5.99. The number of piperidine rings is 1. The third-order valence-electron chi connectivity index (χ3n) is 6.39. The van der Waals surface area contributed by atoms with Crippen LogP contribution in [0.3, 0.4) is 0 Å². The first-order valence-corrected chi connectivity index (χ1v) is 10.6. The predicted octanol–water partition coefficient (Wildman–Crippen LogP) is 2.52. The molecule has 0 aliphatic carbocycles. The minimum absolute atomic E-state index is 0.261. The van der Waals surface area contributed by atoms with Gasteiger partial charge >= 0.3 is 0 Å². The molecule has 1 aromatic carbocycles. The number of ether oxygens (including phenoxy) is 3. The second-order valence-electron chi connectivity index (χ2n) is 8.42. The van der Waals surface area contributed by atoms with Crippen LogP contribution in [0.25, 0.3) is 22.2 Å². The van der Waals surface area contributed by atoms with Crippen molar-refractivity contribution in [1.82, 2.24) is 19.4 Å². The zero-order valence-corrected chi connectivity index (χ0v) is 16.8. The largest absolute Gasteiger partial charge is 0.454 e. The van der Waals surface area contributed by atoms with Crippen LogP contribution < -0.4 is 15.2 Å². The fraction of sp³-hybridized carbons (Fsp3) is 0.455. The summed E-state index contributed by atoms with van der Waals surface area (Å²) in [5, 5.41) is 0.902. The Morgan fingerprint density at radius 1 is 1.07 bits per heavy atom. The number of nitrogens with zero attached hydrogens (tertiary/aromatic N) is 4. The lowest BCUT2D eigenvalue weighted by Crippen LogP contribution is -2.37. The van der Waals surface area contributed by atoms with E-state index in [1.807, 2.05) is 18.2 Å². The number of hydrogen-bond acceptors (Lipinski definition) is 7. The van der Waals surface area contributed by atoms with E-state index in [0.29, 0.717) is 17.8 Å². The number of anilines is 1. The van der Waals surface area contributed by atoms with Crippen molar-refractivity contribution in [3.05, 3.63) is 30.7 Å². The van der Waals surface area contributed by atoms with Crippen LogP contribution in [0.1, 0.15) is 12.8 Å². The number of rotatable bonds is 5. The van der Waals surface area contributed by atoms with Crippen LogP contribution in [0.4, 0.5) is 5.82 Å². The van der Waals surface area contributed by atoms with Crippen LogP contribution in [0.15, 0.2) is 30.7 Å². The maximum absolute atomic E-state index is 6.29. The summed E-state index contributed by atoms with van der Waals surface area (Å²) in [6.07, 6.45) is 6.56. The molecule has 30 heavy (non-hydrogen) atoms. The molecule has 6 rings (SSSR count). The maximum Gasteiger partial charge on any atom is 0.231 e. The van der Waals surface area contributed by atoms with Crippen molar-refractivity contribution in [3.63, 3.8) is 0 Å². The quantitative estimate of drug-likeness (QED) is 0.650. The van der Waals surface area contributed by atoms with Gasteiger partial charge in [0, 0.05) is 24.8 Å². The molecule has 3 aliphatic rings. The van der Waals surface area contributed by atoms with Crippen molar-refractivity contribution >= 4 is 16.9 Å². The Balaban J connectivity index is 1.29. The smallest absolute Gasteiger partial charge is 0.231 e. The van der Waals surface area contributed by atoms with Gasteiger partial charge in [0.05, 0.1) is 18.1 Å². The highest BCUT2D eigenvalue weighted by Gasteiger charge is 2.28. The Hall–Kier alpha value is -2.84. The summed E-state index contributed by atoms with van der Waals surface area (Å²) in [5.74, 6) is 2.66. The van der Waals surface area contributed by atoms with Crippen molar-refractivity contribution in [2.75, 3.05) is 38.8 Å². The molecule has 2 fully saturated rings. The maximum atomic E-state index is 6.29. The molecule has 0 amide bonds. The van der Waals surface area contributed by atoms with Gasteiger partial charge in [-0.3, -0.25) is 0 Å². The number of fused-ring (bicyclic) bond motifs is 2. The lowest BCUT2D eigenvalue weighted by atomic mass is 9.96. The minimum Gasteiger partial charge on any atom is -0.454 e. The van der Waals surface area contributed by atoms with Gasteiger partial charge in [-0.15, -0.1) is 0 Å². The zero-order chi connectivity index (χ0) is 20.1. The standard InChI is InChI=1S/C22H25N5O3/c23-21-20-17(15-1-2-18-19(7-15)30-13-29-18)10-27(22(20)25-12-24-21)8-14-3-5-26(6-4-14)9-16-11-28-16/h1-2,7,10,12,14,16H,3-6,8-9,11,13H2,(H2,23,24,25)/t16-/m1/s1. The van der Waals surface area contributed by atoms with E-state index in [1.165, 1.54) is 12.8 Å². The molecule has 3 aliphatic heterocycles. The fourth-order valence-corrected chi connectivity index (χ4v) is 4.66. The summed E-state index contributed by atoms with van der Waals surface area (Å²) >= 11 is 0. The van der Waals surface area contributed by atoms with Gasteiger partial charge in [0.2, 0.25) is 6.79 Å². The molecule has 2 aromatic heterocycles. The number of nitrogen functional groups attached to an aromatic ring is 1. The lowest BCUT2D eigenvalue weighted by Gasteiger charge is -2.31. The van der Waals surface area contributed by atoms with Crippen LogP contribution >= 0.6 is 0 Å². The number of benzene rings is 1. The Morgan fingerprint density at radius 2 is 1.90 bits per heavy atom. The highest BCUT2D eigenvalue weighted by Crippen LogP contribution is 2.39. The fourth-order valence-electron chi connectivity index (χ4n) is 4.66. The second kappa shape index (κ2) is 7.14. The van der Waals surface area contributed by atoms with E-state index < -0.39 is 0 Å². The van der Waals surface area contributed by atoms with Gasteiger partial charge in [-0.1, -0.05) is 6.07 Å². The molecular formula is C22H25N5O3. The van der Waals surface area contributed by atoms with E-state index in [-0.39, 0.29) is 6.79 Å². The van der Waals surface area contributed by atoms with Crippen LogP contribution in [0, 0.1) is 5.92 Å². The topological polar surface area (TPSA) is 91.0 Å². The monoisotopic (exact) mass is 407 g/mol. The molecule has 8 nitrogen and oxygen atoms in total. The number of hydrogen-bond donors (Lipinski definition) is 1. The van der Waals surface area contributed by atoms with Crippen LogP contribution in [0.5, 0.6) is 11.5 Å². The normalized spacial score (nSPS) is 21.4. The Morgan fingerprint density at radius 3 is 2.73 bits per heavy atom. The van der Waals surface area contributed by atoms with Gasteiger partial charge in [0.15, 0.2) is 11.5 Å². The molecule has 5 heterocycles. The van der Waals surface area contributed by atoms with Crippen molar-refractivity contribution in [2.24, 2.45) is 5.92 Å². The summed E-state index contributed by atoms with van der Waals surface area (Å²) in [5.41, 5.74) is 9.24. The summed E-state index contributed by atoms with van der Waals surface area (Å²) in [7, 11) is 0. The molecule has 0 spiro atoms. The van der Waals surface area contributed by atoms with Crippen molar-refractivity contribution < 1.29 is 14.2 Å². The van der Waals surface area contributed by atoms with Crippen LogP contribution in [-0.4, -0.2) is 58.6 Å². The second-order valence-corrected chi connectivity index (χ2v) is 8.42. The van der Waals surface area contributed by atoms with Gasteiger partial charge in [-0.25, -0.2) is 9.97 Å². The van der Waals surface area contributed by atoms with Crippen LogP contribution in [0.2, 0.25) is 0 Å². The molecule has 0 bridgehead atoms. The van der Waals surface area contributed by atoms with Gasteiger partial charge in [0.1, 0.15) is 17.8 Å². The van der Waals surface area contributed by atoms with Gasteiger partial charge in [-0.05, 0) is 49.5 Å². The average molecular weight is 407 g/mol. The molecule has 156 valence electrons. The number of nitrogens with two attached hydrogens (primary N) is 1. The SMILES string of the molecule is Nc1ncnc2c1c(-c1ccc3c(c1)OCO3)cn2CC1CCN(C[C@@H]2CO2)CC1. The molecule has 2 N–H and O–H groups in total. The number of epoxide rings is 1. The number of likely N-dealkylation sites (tertiary alicyclic amines) is 1. The molecule has 0 radical (unpaired) electrons. The highest BCUT2D eigenvalue weighted by atomic mass is 16.7. The molecular weight excluding hydrogens is 382 g/mol. The Labute approximate surface area is 174 Å². The first kappa shape index (κ1) is 18.0. The number of aromatic nitrogens is 3. The first-order chi connectivity index (χ1) is 14.7. The van der Waals surface area contributed by atoms with E-state index in [1.54, 1.807) is 6.33 Å². The predicted molar refractivity (Wildman–Crippen MR) is 112 cm³/mol. The van der Waals surface area contributed by atoms with Crippen molar-refractivity contribution in [2.45, 2.75) is 25.5 Å². The third kappa shape index (κ3) is 3.26. The summed E-state index contributed by atoms with van der Waals surface area (Å²) < 4.78 is 18.6. The average Bonchev–Trinajstić information content (AvgIpc) is 3.31. The van der Waals surface area contributed by atoms with Crippen molar-refractivity contribution in [3.8, 4) is 22.6 Å². The Bertz CT molecular complexity index is 1090. The van der Waals surface area contributed by atoms with E-state index in [2.05, 4.69) is 25.6 Å². The van der Waals surface area contributed by atoms with Gasteiger partial charge in [-0.2, -0.15) is 0 Å². The van der Waals surface area contributed by atoms with Crippen molar-refractivity contribution in [1.29, 1.82) is 0 Å². The molecule has 0 saturated carbocycles. The van der Waals surface area contributed by atoms with Gasteiger partial charge in [0.25, 0.3) is 0 Å². The van der Waals surface area contributed by atoms with E-state index in [4.69, 9.17) is 19.9 Å². The van der Waals surface area contributed by atoms with Crippen LogP contribution in [-0.2, 0) is 11.3 Å². The molecule has 2 saturated heterocycles. The third-order valence-corrected chi connectivity index (χ3v) is 6.39. The molecule has 8 heteroatoms. The highest BCUT2D eigenvalue weighted by molar-refractivity contribution is 6.00. The minimum atomic E-state index is 0.261. The summed E-state index contributed by atoms with van der Waals surface area (Å²) in [4.78, 5) is 11.4. The van der Waals surface area contributed by atoms with Gasteiger partial charge < -0.3 is 29.4 Å². The Kier molecular flexibility index (Phi) is 4.28. The van der Waals surface area contributed by atoms with E-state index in [9.17, 15) is 0 Å².